The number of rotatable bonds is 2. The number of hydrazone groups is 1. The van der Waals surface area contributed by atoms with E-state index in [1.807, 2.05) is 0 Å². The van der Waals surface area contributed by atoms with Gasteiger partial charge in [0, 0.05) is 4.92 Å². The molecule has 6 nitrogen and oxygen atoms in total. The molecule has 9 heteroatoms. The van der Waals surface area contributed by atoms with E-state index in [4.69, 9.17) is 34.8 Å². The Kier molecular flexibility index (Phi) is 3.39. The lowest BCUT2D eigenvalue weighted by Crippen LogP contribution is -2.34. The molecule has 1 spiro atoms. The number of anilines is 1. The van der Waals surface area contributed by atoms with Crippen molar-refractivity contribution in [2.24, 2.45) is 16.4 Å². The molecule has 0 saturated heterocycles. The van der Waals surface area contributed by atoms with Crippen LogP contribution in [0.3, 0.4) is 0 Å². The van der Waals surface area contributed by atoms with Gasteiger partial charge < -0.3 is 0 Å². The van der Waals surface area contributed by atoms with Crippen LogP contribution >= 0.6 is 34.8 Å². The number of carbonyl (C=O) groups excluding carboxylic acids is 1. The molecule has 3 rings (SSSR count). The van der Waals surface area contributed by atoms with Crippen LogP contribution in [0.2, 0.25) is 0 Å². The van der Waals surface area contributed by atoms with Crippen LogP contribution in [0.5, 0.6) is 0 Å². The third kappa shape index (κ3) is 1.94. The van der Waals surface area contributed by atoms with Gasteiger partial charge in [-0.2, -0.15) is 10.1 Å². The summed E-state index contributed by atoms with van der Waals surface area (Å²) in [5, 5.41) is 16.6. The standard InChI is InChI=1S/C13H10Cl3N3O3/c1-7-12(9(13(14,15)16)10(12)19(21)22)11(20)18(17-7)8-5-3-2-4-6-8/h2-6,9-10H,1H3/t9-,10-,12-/m0/s1. The van der Waals surface area contributed by atoms with E-state index in [0.29, 0.717) is 11.4 Å². The fraction of sp³-hybridized carbons (Fsp3) is 0.385. The van der Waals surface area contributed by atoms with Crippen LogP contribution in [0.25, 0.3) is 0 Å². The molecule has 3 atom stereocenters. The highest BCUT2D eigenvalue weighted by molar-refractivity contribution is 6.68. The summed E-state index contributed by atoms with van der Waals surface area (Å²) >= 11 is 17.6. The van der Waals surface area contributed by atoms with E-state index in [1.165, 1.54) is 0 Å². The van der Waals surface area contributed by atoms with Gasteiger partial charge in [0.2, 0.25) is 9.83 Å². The molecule has 22 heavy (non-hydrogen) atoms. The minimum absolute atomic E-state index is 0.291. The maximum Gasteiger partial charge on any atom is 0.267 e. The summed E-state index contributed by atoms with van der Waals surface area (Å²) in [4.78, 5) is 23.5. The predicted octanol–water partition coefficient (Wildman–Crippen LogP) is 3.04. The molecule has 1 saturated carbocycles. The predicted molar refractivity (Wildman–Crippen MR) is 84.0 cm³/mol. The summed E-state index contributed by atoms with van der Waals surface area (Å²) in [6, 6.07) is 7.34. The molecule has 1 fully saturated rings. The topological polar surface area (TPSA) is 75.8 Å². The fourth-order valence-corrected chi connectivity index (χ4v) is 4.02. The van der Waals surface area contributed by atoms with Gasteiger partial charge in [0.1, 0.15) is 5.92 Å². The van der Waals surface area contributed by atoms with E-state index in [-0.39, 0.29) is 0 Å². The Morgan fingerprint density at radius 1 is 1.32 bits per heavy atom. The van der Waals surface area contributed by atoms with Gasteiger partial charge in [-0.15, -0.1) is 0 Å². The van der Waals surface area contributed by atoms with Crippen LogP contribution in [-0.4, -0.2) is 26.4 Å². The molecular formula is C13H10Cl3N3O3. The molecule has 0 unspecified atom stereocenters. The molecule has 1 heterocycles. The van der Waals surface area contributed by atoms with Gasteiger partial charge in [0.05, 0.1) is 11.4 Å². The van der Waals surface area contributed by atoms with Crippen molar-refractivity contribution in [1.82, 2.24) is 0 Å². The number of hydrogen-bond acceptors (Lipinski definition) is 4. The molecule has 0 bridgehead atoms. The molecule has 1 aromatic carbocycles. The summed E-state index contributed by atoms with van der Waals surface area (Å²) < 4.78 is -1.92. The molecule has 1 aliphatic heterocycles. The first-order valence-corrected chi connectivity index (χ1v) is 7.51. The lowest BCUT2D eigenvalue weighted by molar-refractivity contribution is -0.502. The Balaban J connectivity index is 2.05. The number of halogens is 3. The second kappa shape index (κ2) is 4.81. The first kappa shape index (κ1) is 15.5. The molecular weight excluding hydrogens is 353 g/mol. The highest BCUT2D eigenvalue weighted by atomic mass is 35.6. The number of alkyl halides is 3. The van der Waals surface area contributed by atoms with E-state index in [1.54, 1.807) is 37.3 Å². The normalized spacial score (nSPS) is 30.6. The zero-order valence-electron chi connectivity index (χ0n) is 11.2. The summed E-state index contributed by atoms with van der Waals surface area (Å²) in [6.07, 6.45) is 0. The van der Waals surface area contributed by atoms with Crippen molar-refractivity contribution < 1.29 is 9.72 Å². The molecule has 1 aliphatic carbocycles. The van der Waals surface area contributed by atoms with Crippen LogP contribution in [0.4, 0.5) is 5.69 Å². The largest absolute Gasteiger partial charge is 0.271 e. The van der Waals surface area contributed by atoms with E-state index in [2.05, 4.69) is 5.10 Å². The molecule has 1 amide bonds. The maximum absolute atomic E-state index is 12.8. The van der Waals surface area contributed by atoms with Crippen LogP contribution in [-0.2, 0) is 4.79 Å². The molecule has 116 valence electrons. The van der Waals surface area contributed by atoms with Gasteiger partial charge in [0.15, 0.2) is 5.41 Å². The van der Waals surface area contributed by atoms with Crippen molar-refractivity contribution in [2.45, 2.75) is 16.8 Å². The Labute approximate surface area is 140 Å². The average molecular weight is 363 g/mol. The van der Waals surface area contributed by atoms with Crippen molar-refractivity contribution in [3.05, 3.63) is 40.4 Å². The maximum atomic E-state index is 12.8. The Bertz CT molecular complexity index is 689. The number of hydrogen-bond donors (Lipinski definition) is 0. The zero-order valence-corrected chi connectivity index (χ0v) is 13.5. The Hall–Kier alpha value is -1.37. The average Bonchev–Trinajstić information content (AvgIpc) is 3.10. The quantitative estimate of drug-likeness (QED) is 0.461. The number of nitro groups is 1. The molecule has 0 radical (unpaired) electrons. The van der Waals surface area contributed by atoms with Crippen molar-refractivity contribution in [3.63, 3.8) is 0 Å². The SMILES string of the molecule is CC1=NN(c2ccccc2)C(=O)[C@@]12[C@@H]([N+](=O)[O-])[C@@H]2C(Cl)(Cl)Cl. The third-order valence-electron chi connectivity index (χ3n) is 4.14. The minimum Gasteiger partial charge on any atom is -0.271 e. The smallest absolute Gasteiger partial charge is 0.267 e. The second-order valence-corrected chi connectivity index (χ2v) is 7.63. The van der Waals surface area contributed by atoms with Crippen molar-refractivity contribution in [2.75, 3.05) is 5.01 Å². The fourth-order valence-electron chi connectivity index (χ4n) is 3.15. The van der Waals surface area contributed by atoms with Crippen molar-refractivity contribution in [3.8, 4) is 0 Å². The van der Waals surface area contributed by atoms with Crippen LogP contribution in [0.15, 0.2) is 35.4 Å². The highest BCUT2D eigenvalue weighted by Crippen LogP contribution is 2.67. The van der Waals surface area contributed by atoms with E-state index in [9.17, 15) is 14.9 Å². The first-order chi connectivity index (χ1) is 10.2. The molecule has 1 aromatic rings. The minimum atomic E-state index is -1.92. The summed E-state index contributed by atoms with van der Waals surface area (Å²) in [7, 11) is 0. The molecule has 0 aromatic heterocycles. The van der Waals surface area contributed by atoms with Crippen LogP contribution < -0.4 is 5.01 Å². The van der Waals surface area contributed by atoms with Crippen LogP contribution in [0.1, 0.15) is 6.92 Å². The molecule has 2 aliphatic rings. The van der Waals surface area contributed by atoms with Gasteiger partial charge in [-0.05, 0) is 19.1 Å². The second-order valence-electron chi connectivity index (χ2n) is 5.26. The van der Waals surface area contributed by atoms with Gasteiger partial charge >= 0.3 is 0 Å². The van der Waals surface area contributed by atoms with Gasteiger partial charge in [0.25, 0.3) is 5.91 Å². The van der Waals surface area contributed by atoms with Crippen molar-refractivity contribution >= 4 is 52.1 Å². The summed E-state index contributed by atoms with van der Waals surface area (Å²) in [5.74, 6) is -1.57. The first-order valence-electron chi connectivity index (χ1n) is 6.38. The third-order valence-corrected chi connectivity index (χ3v) is 4.84. The van der Waals surface area contributed by atoms with E-state index in [0.717, 1.165) is 5.01 Å². The lowest BCUT2D eigenvalue weighted by atomic mass is 9.97. The number of para-hydroxylation sites is 1. The van der Waals surface area contributed by atoms with Crippen molar-refractivity contribution in [1.29, 1.82) is 0 Å². The van der Waals surface area contributed by atoms with E-state index < -0.39 is 32.0 Å². The molecule has 0 N–H and O–H groups in total. The van der Waals surface area contributed by atoms with Gasteiger partial charge in [-0.3, -0.25) is 14.9 Å². The van der Waals surface area contributed by atoms with Gasteiger partial charge in [-0.1, -0.05) is 53.0 Å². The number of nitrogens with zero attached hydrogens (tertiary/aromatic N) is 3. The Morgan fingerprint density at radius 2 is 1.91 bits per heavy atom. The zero-order chi connectivity index (χ0) is 16.3. The number of benzene rings is 1. The van der Waals surface area contributed by atoms with Crippen LogP contribution in [0, 0.1) is 21.4 Å². The number of amides is 1. The monoisotopic (exact) mass is 361 g/mol. The summed E-state index contributed by atoms with van der Waals surface area (Å²) in [5.41, 5.74) is -0.676. The highest BCUT2D eigenvalue weighted by Gasteiger charge is 2.87. The van der Waals surface area contributed by atoms with E-state index >= 15 is 0 Å². The Morgan fingerprint density at radius 3 is 2.36 bits per heavy atom. The van der Waals surface area contributed by atoms with Gasteiger partial charge in [-0.25, -0.2) is 0 Å². The number of carbonyl (C=O) groups is 1. The summed E-state index contributed by atoms with van der Waals surface area (Å²) in [6.45, 7) is 1.55. The lowest BCUT2D eigenvalue weighted by Gasteiger charge is -2.15.